The quantitative estimate of drug-likeness (QED) is 0.293. The van der Waals surface area contributed by atoms with E-state index in [-0.39, 0.29) is 18.0 Å². The molecule has 0 saturated heterocycles. The lowest BCUT2D eigenvalue weighted by Crippen LogP contribution is -2.09. The smallest absolute Gasteiger partial charge is 0.419 e. The number of phenols is 1. The maximum absolute atomic E-state index is 13.1. The number of unbranched alkanes of at least 4 members (excludes halogenated alkanes) is 1. The minimum Gasteiger partial charge on any atom is -0.507 e. The molecular weight excluding hydrogens is 408 g/mol. The number of alkyl halides is 6. The second-order valence-electron chi connectivity index (χ2n) is 5.79. The van der Waals surface area contributed by atoms with Crippen molar-refractivity contribution in [2.75, 3.05) is 11.3 Å². The van der Waals surface area contributed by atoms with Crippen LogP contribution in [0.25, 0.3) is 0 Å². The number of rotatable bonds is 7. The molecule has 3 nitrogen and oxygen atoms in total. The highest BCUT2D eigenvalue weighted by molar-refractivity contribution is 8.00. The monoisotopic (exact) mass is 425 g/mol. The molecule has 0 aliphatic carbocycles. The predicted octanol–water partition coefficient (Wildman–Crippen LogP) is 6.73. The summed E-state index contributed by atoms with van der Waals surface area (Å²) in [6.45, 7) is 2.01. The zero-order valence-electron chi connectivity index (χ0n) is 14.6. The van der Waals surface area contributed by atoms with Crippen LogP contribution in [0.3, 0.4) is 0 Å². The zero-order chi connectivity index (χ0) is 20.9. The number of nitrogens with one attached hydrogen (secondary N) is 1. The van der Waals surface area contributed by atoms with E-state index in [1.54, 1.807) is 0 Å². The molecule has 0 radical (unpaired) electrons. The van der Waals surface area contributed by atoms with Crippen LogP contribution in [0, 0.1) is 0 Å². The Hall–Kier alpha value is -2.23. The van der Waals surface area contributed by atoms with Crippen molar-refractivity contribution in [2.24, 2.45) is 0 Å². The first-order valence-corrected chi connectivity index (χ1v) is 9.01. The Bertz CT molecular complexity index is 808. The Balaban J connectivity index is 2.15. The van der Waals surface area contributed by atoms with E-state index >= 15 is 0 Å². The van der Waals surface area contributed by atoms with Crippen molar-refractivity contribution in [1.29, 1.82) is 0 Å². The molecule has 154 valence electrons. The summed E-state index contributed by atoms with van der Waals surface area (Å²) in [7, 11) is 0. The summed E-state index contributed by atoms with van der Waals surface area (Å²) in [5, 5.41) is 9.50. The SMILES string of the molecule is CCCCOc1cc(SNc2ccc(C(F)(F)F)c(O)c2)ccc1C(F)(F)F. The fourth-order valence-corrected chi connectivity index (χ4v) is 2.86. The van der Waals surface area contributed by atoms with Gasteiger partial charge in [0.15, 0.2) is 0 Å². The largest absolute Gasteiger partial charge is 0.507 e. The summed E-state index contributed by atoms with van der Waals surface area (Å²) in [6.07, 6.45) is -7.90. The van der Waals surface area contributed by atoms with E-state index < -0.39 is 29.2 Å². The molecule has 0 amide bonds. The van der Waals surface area contributed by atoms with Gasteiger partial charge in [-0.05, 0) is 48.7 Å². The van der Waals surface area contributed by atoms with E-state index in [1.807, 2.05) is 6.92 Å². The number of hydrogen-bond acceptors (Lipinski definition) is 4. The average molecular weight is 425 g/mol. The Morgan fingerprint density at radius 3 is 2.18 bits per heavy atom. The lowest BCUT2D eigenvalue weighted by atomic mass is 10.2. The summed E-state index contributed by atoms with van der Waals surface area (Å²) in [5.41, 5.74) is -1.92. The van der Waals surface area contributed by atoms with Crippen LogP contribution in [-0.2, 0) is 12.4 Å². The molecule has 0 aliphatic rings. The highest BCUT2D eigenvalue weighted by atomic mass is 32.2. The number of benzene rings is 2. The molecular formula is C18H17F6NO2S. The lowest BCUT2D eigenvalue weighted by Gasteiger charge is -2.15. The van der Waals surface area contributed by atoms with Crippen molar-refractivity contribution in [3.8, 4) is 11.5 Å². The normalized spacial score (nSPS) is 12.1. The van der Waals surface area contributed by atoms with Gasteiger partial charge >= 0.3 is 12.4 Å². The number of anilines is 1. The van der Waals surface area contributed by atoms with Gasteiger partial charge in [0, 0.05) is 16.6 Å². The maximum Gasteiger partial charge on any atom is 0.419 e. The third kappa shape index (κ3) is 5.88. The third-order valence-corrected chi connectivity index (χ3v) is 4.43. The fourth-order valence-electron chi connectivity index (χ4n) is 2.20. The molecule has 28 heavy (non-hydrogen) atoms. The van der Waals surface area contributed by atoms with Crippen LogP contribution in [0.5, 0.6) is 11.5 Å². The van der Waals surface area contributed by atoms with Crippen LogP contribution in [0.2, 0.25) is 0 Å². The number of phenolic OH excluding ortho intramolecular Hbond substituents is 1. The Kier molecular flexibility index (Phi) is 6.97. The van der Waals surface area contributed by atoms with E-state index in [9.17, 15) is 31.4 Å². The molecule has 0 aliphatic heterocycles. The molecule has 0 unspecified atom stereocenters. The minimum absolute atomic E-state index is 0.133. The maximum atomic E-state index is 13.1. The van der Waals surface area contributed by atoms with Gasteiger partial charge in [-0.3, -0.25) is 0 Å². The van der Waals surface area contributed by atoms with Crippen LogP contribution in [-0.4, -0.2) is 11.7 Å². The summed E-state index contributed by atoms with van der Waals surface area (Å²) in [6, 6.07) is 6.02. The van der Waals surface area contributed by atoms with E-state index in [1.165, 1.54) is 12.1 Å². The zero-order valence-corrected chi connectivity index (χ0v) is 15.4. The van der Waals surface area contributed by atoms with Crippen LogP contribution >= 0.6 is 11.9 Å². The van der Waals surface area contributed by atoms with Gasteiger partial charge in [-0.25, -0.2) is 0 Å². The fraction of sp³-hybridized carbons (Fsp3) is 0.333. The van der Waals surface area contributed by atoms with Crippen LogP contribution in [0.1, 0.15) is 30.9 Å². The van der Waals surface area contributed by atoms with Gasteiger partial charge in [-0.15, -0.1) is 0 Å². The number of ether oxygens (including phenoxy) is 1. The van der Waals surface area contributed by atoms with E-state index in [4.69, 9.17) is 4.74 Å². The van der Waals surface area contributed by atoms with E-state index in [0.29, 0.717) is 17.4 Å². The van der Waals surface area contributed by atoms with Gasteiger partial charge in [-0.2, -0.15) is 26.3 Å². The van der Waals surface area contributed by atoms with Gasteiger partial charge in [0.05, 0.1) is 17.7 Å². The lowest BCUT2D eigenvalue weighted by molar-refractivity contribution is -0.139. The van der Waals surface area contributed by atoms with Crippen LogP contribution in [0.15, 0.2) is 41.3 Å². The van der Waals surface area contributed by atoms with Crippen molar-refractivity contribution in [2.45, 2.75) is 37.0 Å². The second-order valence-corrected chi connectivity index (χ2v) is 6.67. The van der Waals surface area contributed by atoms with Crippen LogP contribution in [0.4, 0.5) is 32.0 Å². The first kappa shape index (κ1) is 22.1. The average Bonchev–Trinajstić information content (AvgIpc) is 2.58. The Morgan fingerprint density at radius 1 is 0.964 bits per heavy atom. The molecule has 2 N–H and O–H groups in total. The molecule has 0 heterocycles. The first-order valence-electron chi connectivity index (χ1n) is 8.19. The van der Waals surface area contributed by atoms with Crippen LogP contribution < -0.4 is 9.46 Å². The molecule has 0 bridgehead atoms. The Morgan fingerprint density at radius 2 is 1.61 bits per heavy atom. The first-order chi connectivity index (χ1) is 13.0. The Labute approximate surface area is 161 Å². The predicted molar refractivity (Wildman–Crippen MR) is 94.4 cm³/mol. The molecule has 2 rings (SSSR count). The molecule has 0 fully saturated rings. The van der Waals surface area contributed by atoms with Gasteiger partial charge < -0.3 is 14.6 Å². The molecule has 2 aromatic rings. The van der Waals surface area contributed by atoms with E-state index in [0.717, 1.165) is 36.6 Å². The molecule has 0 saturated carbocycles. The molecule has 10 heteroatoms. The second kappa shape index (κ2) is 8.85. The highest BCUT2D eigenvalue weighted by Gasteiger charge is 2.35. The molecule has 2 aromatic carbocycles. The van der Waals surface area contributed by atoms with Gasteiger partial charge in [-0.1, -0.05) is 13.3 Å². The van der Waals surface area contributed by atoms with Crippen molar-refractivity contribution in [1.82, 2.24) is 0 Å². The van der Waals surface area contributed by atoms with Crippen molar-refractivity contribution >= 4 is 17.6 Å². The molecule has 0 atom stereocenters. The minimum atomic E-state index is -4.69. The summed E-state index contributed by atoms with van der Waals surface area (Å²) >= 11 is 0.879. The number of halogens is 6. The van der Waals surface area contributed by atoms with Gasteiger partial charge in [0.2, 0.25) is 0 Å². The molecule has 0 aromatic heterocycles. The van der Waals surface area contributed by atoms with E-state index in [2.05, 4.69) is 4.72 Å². The van der Waals surface area contributed by atoms with Crippen molar-refractivity contribution < 1.29 is 36.2 Å². The van der Waals surface area contributed by atoms with Crippen molar-refractivity contribution in [3.05, 3.63) is 47.5 Å². The highest BCUT2D eigenvalue weighted by Crippen LogP contribution is 2.40. The summed E-state index contributed by atoms with van der Waals surface area (Å²) in [4.78, 5) is 0.360. The number of hydrogen-bond donors (Lipinski definition) is 2. The third-order valence-electron chi connectivity index (χ3n) is 3.60. The number of aromatic hydroxyl groups is 1. The van der Waals surface area contributed by atoms with Gasteiger partial charge in [0.25, 0.3) is 0 Å². The van der Waals surface area contributed by atoms with Crippen molar-refractivity contribution in [3.63, 3.8) is 0 Å². The topological polar surface area (TPSA) is 41.5 Å². The van der Waals surface area contributed by atoms with Gasteiger partial charge in [0.1, 0.15) is 11.5 Å². The molecule has 0 spiro atoms. The summed E-state index contributed by atoms with van der Waals surface area (Å²) in [5.74, 6) is -1.27. The standard InChI is InChI=1S/C18H17F6NO2S/c1-2-3-8-27-16-10-12(5-7-14(16)18(22,23)24)28-25-11-4-6-13(15(26)9-11)17(19,20)21/h4-7,9-10,25-26H,2-3,8H2,1H3. The summed E-state index contributed by atoms with van der Waals surface area (Å²) < 4.78 is 85.2.